The molecule has 0 radical (unpaired) electrons. The van der Waals surface area contributed by atoms with Crippen LogP contribution in [-0.4, -0.2) is 9.13 Å². The molecule has 4 aromatic heterocycles. The molecule has 0 N–H and O–H groups in total. The van der Waals surface area contributed by atoms with Gasteiger partial charge in [-0.15, -0.1) is 22.7 Å². The number of para-hydroxylation sites is 2. The maximum Gasteiger partial charge on any atom is 0.0547 e. The molecule has 4 heteroatoms. The first kappa shape index (κ1) is 41.1. The van der Waals surface area contributed by atoms with Gasteiger partial charge >= 0.3 is 0 Å². The Labute approximate surface area is 429 Å². The lowest BCUT2D eigenvalue weighted by Crippen LogP contribution is -2.15. The van der Waals surface area contributed by atoms with Gasteiger partial charge in [0.2, 0.25) is 0 Å². The zero-order chi connectivity index (χ0) is 48.1. The smallest absolute Gasteiger partial charge is 0.0547 e. The molecule has 1 aliphatic carbocycles. The van der Waals surface area contributed by atoms with Gasteiger partial charge in [0.15, 0.2) is 0 Å². The van der Waals surface area contributed by atoms with Gasteiger partial charge in [-0.25, -0.2) is 0 Å². The van der Waals surface area contributed by atoms with E-state index in [-0.39, 0.29) is 5.41 Å². The van der Waals surface area contributed by atoms with Crippen molar-refractivity contribution in [3.8, 4) is 55.9 Å². The van der Waals surface area contributed by atoms with Crippen LogP contribution in [-0.2, 0) is 5.41 Å². The standard InChI is InChI=1S/C69H44N2S2/c1-69(2)59-21-8-3-14-49(59)50-32-28-47(40-60(50)69)71-62-23-10-5-16-52(62)54-31-27-42(38-64(54)71)44-34-43(35-45(36-44)48-19-13-20-57-55-17-6-12-25-66(55)73-68(48)57)41-26-30-53-51-15-4-9-22-61(51)70(63(53)37-41)46-29-33-67-58(39-46)56-18-7-11-24-65(56)72-67/h3-40H,1-2H3. The summed E-state index contributed by atoms with van der Waals surface area (Å²) >= 11 is 3.76. The molecule has 0 saturated heterocycles. The van der Waals surface area contributed by atoms with Crippen molar-refractivity contribution in [3.63, 3.8) is 0 Å². The van der Waals surface area contributed by atoms with Crippen molar-refractivity contribution in [1.29, 1.82) is 0 Å². The summed E-state index contributed by atoms with van der Waals surface area (Å²) in [4.78, 5) is 0. The van der Waals surface area contributed by atoms with Gasteiger partial charge < -0.3 is 9.13 Å². The van der Waals surface area contributed by atoms with Crippen molar-refractivity contribution in [2.24, 2.45) is 0 Å². The summed E-state index contributed by atoms with van der Waals surface area (Å²) in [5.41, 5.74) is 19.7. The van der Waals surface area contributed by atoms with E-state index in [1.807, 2.05) is 22.7 Å². The third kappa shape index (κ3) is 5.97. The number of hydrogen-bond acceptors (Lipinski definition) is 2. The van der Waals surface area contributed by atoms with E-state index in [0.717, 1.165) is 0 Å². The number of hydrogen-bond donors (Lipinski definition) is 0. The molecular formula is C69H44N2S2. The highest BCUT2D eigenvalue weighted by atomic mass is 32.1. The van der Waals surface area contributed by atoms with Crippen LogP contribution in [0.4, 0.5) is 0 Å². The van der Waals surface area contributed by atoms with E-state index in [2.05, 4.69) is 254 Å². The Morgan fingerprint density at radius 1 is 0.288 bits per heavy atom. The number of thiophene rings is 2. The average molecular weight is 965 g/mol. The van der Waals surface area contributed by atoms with Crippen LogP contribution >= 0.6 is 22.7 Å². The topological polar surface area (TPSA) is 9.86 Å². The number of aromatic nitrogens is 2. The second kappa shape index (κ2) is 15.2. The van der Waals surface area contributed by atoms with E-state index in [0.29, 0.717) is 0 Å². The second-order valence-corrected chi connectivity index (χ2v) is 22.6. The maximum atomic E-state index is 2.50. The molecule has 4 heterocycles. The molecule has 15 aromatic rings. The van der Waals surface area contributed by atoms with Crippen LogP contribution in [0, 0.1) is 0 Å². The molecule has 0 unspecified atom stereocenters. The van der Waals surface area contributed by atoms with E-state index in [4.69, 9.17) is 0 Å². The quantitative estimate of drug-likeness (QED) is 0.163. The van der Waals surface area contributed by atoms with Crippen molar-refractivity contribution in [1.82, 2.24) is 9.13 Å². The lowest BCUT2D eigenvalue weighted by Gasteiger charge is -2.22. The molecule has 342 valence electrons. The van der Waals surface area contributed by atoms with Gasteiger partial charge in [-0.05, 0) is 141 Å². The number of fused-ring (bicyclic) bond motifs is 15. The predicted octanol–water partition coefficient (Wildman–Crippen LogP) is 19.9. The van der Waals surface area contributed by atoms with Crippen LogP contribution in [0.5, 0.6) is 0 Å². The van der Waals surface area contributed by atoms with Crippen LogP contribution in [0.15, 0.2) is 231 Å². The van der Waals surface area contributed by atoms with E-state index in [9.17, 15) is 0 Å². The monoisotopic (exact) mass is 964 g/mol. The van der Waals surface area contributed by atoms with Crippen molar-refractivity contribution >= 4 is 107 Å². The Bertz CT molecular complexity index is 4840. The molecule has 0 bridgehead atoms. The van der Waals surface area contributed by atoms with Gasteiger partial charge in [0.05, 0.1) is 22.1 Å². The molecule has 0 atom stereocenters. The van der Waals surface area contributed by atoms with Gasteiger partial charge in [0.25, 0.3) is 0 Å². The summed E-state index contributed by atoms with van der Waals surface area (Å²) < 4.78 is 10.2. The maximum absolute atomic E-state index is 2.50. The van der Waals surface area contributed by atoms with E-state index >= 15 is 0 Å². The summed E-state index contributed by atoms with van der Waals surface area (Å²) in [6.45, 7) is 4.75. The summed E-state index contributed by atoms with van der Waals surface area (Å²) in [5.74, 6) is 0. The first-order valence-corrected chi connectivity index (χ1v) is 26.9. The van der Waals surface area contributed by atoms with Crippen LogP contribution in [0.3, 0.4) is 0 Å². The fourth-order valence-corrected chi connectivity index (χ4v) is 15.0. The highest BCUT2D eigenvalue weighted by Crippen LogP contribution is 2.50. The first-order valence-electron chi connectivity index (χ1n) is 25.2. The third-order valence-electron chi connectivity index (χ3n) is 16.1. The summed E-state index contributed by atoms with van der Waals surface area (Å²) in [7, 11) is 0. The lowest BCUT2D eigenvalue weighted by molar-refractivity contribution is 0.660. The van der Waals surface area contributed by atoms with E-state index in [1.165, 1.54) is 151 Å². The Hall–Kier alpha value is -8.54. The summed E-state index contributed by atoms with van der Waals surface area (Å²) in [6, 6.07) is 86.9. The summed E-state index contributed by atoms with van der Waals surface area (Å²) in [6.07, 6.45) is 0. The number of rotatable bonds is 5. The van der Waals surface area contributed by atoms with Crippen molar-refractivity contribution in [2.45, 2.75) is 19.3 Å². The second-order valence-electron chi connectivity index (χ2n) is 20.4. The fraction of sp³-hybridized carbons (Fsp3) is 0.0435. The molecule has 0 aliphatic heterocycles. The van der Waals surface area contributed by atoms with Crippen LogP contribution in [0.2, 0.25) is 0 Å². The SMILES string of the molecule is CC1(C)c2ccccc2-c2ccc(-n3c4ccccc4c4ccc(-c5cc(-c6ccc7c8ccccc8n(-c8ccc9sc%10ccccc%10c9c8)c7c6)cc(-c6cccc7c6sc6ccccc67)c5)cc43)cc21. The third-order valence-corrected chi connectivity index (χ3v) is 18.5. The molecule has 0 saturated carbocycles. The molecule has 0 amide bonds. The van der Waals surface area contributed by atoms with Crippen LogP contribution in [0.25, 0.3) is 140 Å². The zero-order valence-corrected chi connectivity index (χ0v) is 41.8. The van der Waals surface area contributed by atoms with Crippen LogP contribution < -0.4 is 0 Å². The lowest BCUT2D eigenvalue weighted by atomic mass is 9.82. The van der Waals surface area contributed by atoms with Gasteiger partial charge in [0.1, 0.15) is 0 Å². The molecule has 0 fully saturated rings. The fourth-order valence-electron chi connectivity index (χ4n) is 12.6. The summed E-state index contributed by atoms with van der Waals surface area (Å²) in [5, 5.41) is 10.2. The Kier molecular flexibility index (Phi) is 8.58. The highest BCUT2D eigenvalue weighted by Gasteiger charge is 2.35. The van der Waals surface area contributed by atoms with Gasteiger partial charge in [-0.3, -0.25) is 0 Å². The van der Waals surface area contributed by atoms with Crippen molar-refractivity contribution in [3.05, 3.63) is 242 Å². The Morgan fingerprint density at radius 3 is 1.48 bits per heavy atom. The molecular weight excluding hydrogens is 921 g/mol. The van der Waals surface area contributed by atoms with Gasteiger partial charge in [0, 0.05) is 78.7 Å². The molecule has 11 aromatic carbocycles. The molecule has 1 aliphatic rings. The largest absolute Gasteiger partial charge is 0.309 e. The molecule has 0 spiro atoms. The predicted molar refractivity (Wildman–Crippen MR) is 315 cm³/mol. The number of benzene rings is 11. The minimum atomic E-state index is -0.107. The van der Waals surface area contributed by atoms with Gasteiger partial charge in [-0.1, -0.05) is 159 Å². The number of nitrogens with zero attached hydrogens (tertiary/aromatic N) is 2. The first-order chi connectivity index (χ1) is 35.9. The molecule has 16 rings (SSSR count). The van der Waals surface area contributed by atoms with E-state index in [1.54, 1.807) is 0 Å². The van der Waals surface area contributed by atoms with Crippen molar-refractivity contribution < 1.29 is 0 Å². The Morgan fingerprint density at radius 2 is 0.781 bits per heavy atom. The minimum absolute atomic E-state index is 0.107. The normalized spacial score (nSPS) is 13.2. The zero-order valence-electron chi connectivity index (χ0n) is 40.2. The molecule has 2 nitrogen and oxygen atoms in total. The Balaban J connectivity index is 0.922. The van der Waals surface area contributed by atoms with E-state index < -0.39 is 0 Å². The molecule has 73 heavy (non-hydrogen) atoms. The highest BCUT2D eigenvalue weighted by molar-refractivity contribution is 7.26. The minimum Gasteiger partial charge on any atom is -0.309 e. The van der Waals surface area contributed by atoms with Gasteiger partial charge in [-0.2, -0.15) is 0 Å². The van der Waals surface area contributed by atoms with Crippen LogP contribution in [0.1, 0.15) is 25.0 Å². The van der Waals surface area contributed by atoms with Crippen molar-refractivity contribution in [2.75, 3.05) is 0 Å². The average Bonchev–Trinajstić information content (AvgIpc) is 4.25.